The predicted octanol–water partition coefficient (Wildman–Crippen LogP) is 2.56. The number of carbonyl (C=O) groups excluding carboxylic acids is 1. The molecule has 1 amide bonds. The molecule has 0 aromatic heterocycles. The van der Waals surface area contributed by atoms with Crippen LogP contribution in [0.3, 0.4) is 0 Å². The van der Waals surface area contributed by atoms with Gasteiger partial charge in [0, 0.05) is 30.5 Å². The third-order valence-corrected chi connectivity index (χ3v) is 4.63. The molecular formula is C15H22FN3OS. The van der Waals surface area contributed by atoms with Crippen LogP contribution in [-0.2, 0) is 4.79 Å². The summed E-state index contributed by atoms with van der Waals surface area (Å²) in [4.78, 5) is 14.3. The van der Waals surface area contributed by atoms with Gasteiger partial charge in [-0.15, -0.1) is 0 Å². The Balaban J connectivity index is 1.72. The first-order valence-electron chi connectivity index (χ1n) is 7.23. The largest absolute Gasteiger partial charge is 0.397 e. The van der Waals surface area contributed by atoms with Crippen LogP contribution in [0.2, 0.25) is 0 Å². The molecule has 1 fully saturated rings. The molecule has 3 N–H and O–H groups in total. The molecule has 1 aromatic rings. The smallest absolute Gasteiger partial charge is 0.224 e. The number of thioether (sulfide) groups is 1. The van der Waals surface area contributed by atoms with Gasteiger partial charge >= 0.3 is 0 Å². The Bertz CT molecular complexity index is 498. The molecule has 1 aromatic carbocycles. The summed E-state index contributed by atoms with van der Waals surface area (Å²) in [7, 11) is 0. The number of nitrogen functional groups attached to an aromatic ring is 1. The van der Waals surface area contributed by atoms with Crippen molar-refractivity contribution in [1.82, 2.24) is 4.90 Å². The predicted molar refractivity (Wildman–Crippen MR) is 87.0 cm³/mol. The SMILES string of the molecule is CC1CN(CCCC(=O)Nc2ccc(F)cc2N)CCS1. The van der Waals surface area contributed by atoms with Crippen molar-refractivity contribution in [3.8, 4) is 0 Å². The van der Waals surface area contributed by atoms with Crippen LogP contribution in [0.25, 0.3) is 0 Å². The van der Waals surface area contributed by atoms with Gasteiger partial charge in [-0.2, -0.15) is 11.8 Å². The zero-order chi connectivity index (χ0) is 15.2. The molecule has 1 aliphatic rings. The van der Waals surface area contributed by atoms with Crippen molar-refractivity contribution in [2.24, 2.45) is 0 Å². The highest BCUT2D eigenvalue weighted by atomic mass is 32.2. The fraction of sp³-hybridized carbons (Fsp3) is 0.533. The number of amides is 1. The summed E-state index contributed by atoms with van der Waals surface area (Å²) in [5.41, 5.74) is 6.40. The van der Waals surface area contributed by atoms with E-state index < -0.39 is 5.82 Å². The van der Waals surface area contributed by atoms with Crippen LogP contribution in [0.4, 0.5) is 15.8 Å². The molecule has 116 valence electrons. The Labute approximate surface area is 129 Å². The summed E-state index contributed by atoms with van der Waals surface area (Å²) < 4.78 is 12.9. The van der Waals surface area contributed by atoms with Crippen LogP contribution in [0.15, 0.2) is 18.2 Å². The fourth-order valence-corrected chi connectivity index (χ4v) is 3.50. The van der Waals surface area contributed by atoms with Gasteiger partial charge < -0.3 is 16.0 Å². The summed E-state index contributed by atoms with van der Waals surface area (Å²) in [6, 6.07) is 3.99. The topological polar surface area (TPSA) is 58.4 Å². The molecule has 1 saturated heterocycles. The maximum Gasteiger partial charge on any atom is 0.224 e. The van der Waals surface area contributed by atoms with Crippen molar-refractivity contribution < 1.29 is 9.18 Å². The van der Waals surface area contributed by atoms with Crippen molar-refractivity contribution in [3.63, 3.8) is 0 Å². The normalized spacial score (nSPS) is 19.4. The summed E-state index contributed by atoms with van der Waals surface area (Å²) in [6.45, 7) is 5.37. The maximum atomic E-state index is 12.9. The molecule has 1 unspecified atom stereocenters. The lowest BCUT2D eigenvalue weighted by Gasteiger charge is -2.30. The van der Waals surface area contributed by atoms with Crippen molar-refractivity contribution in [2.75, 3.05) is 36.4 Å². The molecule has 1 aliphatic heterocycles. The number of anilines is 2. The summed E-state index contributed by atoms with van der Waals surface area (Å²) in [5, 5.41) is 3.40. The minimum atomic E-state index is -0.400. The van der Waals surface area contributed by atoms with Crippen LogP contribution < -0.4 is 11.1 Å². The van der Waals surface area contributed by atoms with Gasteiger partial charge in [0.05, 0.1) is 11.4 Å². The monoisotopic (exact) mass is 311 g/mol. The van der Waals surface area contributed by atoms with E-state index in [1.807, 2.05) is 11.8 Å². The Morgan fingerprint density at radius 2 is 2.38 bits per heavy atom. The first kappa shape index (κ1) is 16.1. The second-order valence-electron chi connectivity index (χ2n) is 5.37. The number of nitrogens with zero attached hydrogens (tertiary/aromatic N) is 1. The second-order valence-corrected chi connectivity index (χ2v) is 6.91. The number of nitrogens with two attached hydrogens (primary N) is 1. The molecule has 0 saturated carbocycles. The molecule has 0 radical (unpaired) electrons. The molecule has 0 bridgehead atoms. The number of carbonyl (C=O) groups is 1. The van der Waals surface area contributed by atoms with Gasteiger partial charge in [0.15, 0.2) is 0 Å². The van der Waals surface area contributed by atoms with Gasteiger partial charge in [-0.25, -0.2) is 4.39 Å². The third-order valence-electron chi connectivity index (χ3n) is 3.49. The van der Waals surface area contributed by atoms with Crippen LogP contribution in [0.1, 0.15) is 19.8 Å². The standard InChI is InChI=1S/C15H22FN3OS/c1-11-10-19(7-8-21-11)6-2-3-15(20)18-14-5-4-12(16)9-13(14)17/h4-5,9,11H,2-3,6-8,10,17H2,1H3,(H,18,20). The van der Waals surface area contributed by atoms with Gasteiger partial charge in [-0.3, -0.25) is 4.79 Å². The molecule has 0 spiro atoms. The summed E-state index contributed by atoms with van der Waals surface area (Å²) >= 11 is 2.00. The number of benzene rings is 1. The molecule has 1 heterocycles. The van der Waals surface area contributed by atoms with Crippen molar-refractivity contribution in [1.29, 1.82) is 0 Å². The molecule has 6 heteroatoms. The van der Waals surface area contributed by atoms with Crippen LogP contribution in [0.5, 0.6) is 0 Å². The molecule has 2 rings (SSSR count). The van der Waals surface area contributed by atoms with Gasteiger partial charge in [-0.05, 0) is 31.2 Å². The Hall–Kier alpha value is -1.27. The van der Waals surface area contributed by atoms with Gasteiger partial charge in [0.1, 0.15) is 5.82 Å². The summed E-state index contributed by atoms with van der Waals surface area (Å²) in [6.07, 6.45) is 1.28. The molecule has 21 heavy (non-hydrogen) atoms. The van der Waals surface area contributed by atoms with Crippen LogP contribution >= 0.6 is 11.8 Å². The Morgan fingerprint density at radius 3 is 3.10 bits per heavy atom. The molecule has 0 aliphatic carbocycles. The van der Waals surface area contributed by atoms with E-state index in [-0.39, 0.29) is 11.6 Å². The van der Waals surface area contributed by atoms with E-state index in [0.717, 1.165) is 26.1 Å². The lowest BCUT2D eigenvalue weighted by Crippen LogP contribution is -2.37. The highest BCUT2D eigenvalue weighted by Gasteiger charge is 2.16. The van der Waals surface area contributed by atoms with Crippen LogP contribution in [0, 0.1) is 5.82 Å². The number of hydrogen-bond donors (Lipinski definition) is 2. The zero-order valence-corrected chi connectivity index (χ0v) is 13.1. The van der Waals surface area contributed by atoms with E-state index >= 15 is 0 Å². The molecule has 1 atom stereocenters. The maximum absolute atomic E-state index is 12.9. The highest BCUT2D eigenvalue weighted by molar-refractivity contribution is 7.99. The first-order chi connectivity index (χ1) is 10.0. The first-order valence-corrected chi connectivity index (χ1v) is 8.28. The zero-order valence-electron chi connectivity index (χ0n) is 12.3. The van der Waals surface area contributed by atoms with Gasteiger partial charge in [0.25, 0.3) is 0 Å². The average Bonchev–Trinajstić information content (AvgIpc) is 2.42. The van der Waals surface area contributed by atoms with Gasteiger partial charge in [-0.1, -0.05) is 6.92 Å². The van der Waals surface area contributed by atoms with E-state index in [2.05, 4.69) is 17.1 Å². The van der Waals surface area contributed by atoms with E-state index in [1.165, 1.54) is 24.0 Å². The van der Waals surface area contributed by atoms with E-state index in [4.69, 9.17) is 5.73 Å². The molecule has 4 nitrogen and oxygen atoms in total. The molecular weight excluding hydrogens is 289 g/mol. The van der Waals surface area contributed by atoms with Crippen molar-refractivity contribution in [3.05, 3.63) is 24.0 Å². The van der Waals surface area contributed by atoms with Crippen molar-refractivity contribution in [2.45, 2.75) is 25.0 Å². The lowest BCUT2D eigenvalue weighted by molar-refractivity contribution is -0.116. The number of hydrogen-bond acceptors (Lipinski definition) is 4. The number of halogens is 1. The highest BCUT2D eigenvalue weighted by Crippen LogP contribution is 2.20. The van der Waals surface area contributed by atoms with E-state index in [1.54, 1.807) is 0 Å². The second kappa shape index (κ2) is 7.66. The minimum absolute atomic E-state index is 0.0762. The van der Waals surface area contributed by atoms with E-state index in [0.29, 0.717) is 17.4 Å². The minimum Gasteiger partial charge on any atom is -0.397 e. The Kier molecular flexibility index (Phi) is 5.87. The van der Waals surface area contributed by atoms with Crippen LogP contribution in [-0.4, -0.2) is 41.4 Å². The number of nitrogens with one attached hydrogen (secondary N) is 1. The van der Waals surface area contributed by atoms with Crippen molar-refractivity contribution >= 4 is 29.0 Å². The average molecular weight is 311 g/mol. The van der Waals surface area contributed by atoms with E-state index in [9.17, 15) is 9.18 Å². The number of rotatable bonds is 5. The lowest BCUT2D eigenvalue weighted by atomic mass is 10.2. The quantitative estimate of drug-likeness (QED) is 0.821. The third kappa shape index (κ3) is 5.21. The summed E-state index contributed by atoms with van der Waals surface area (Å²) in [5.74, 6) is 0.690. The Morgan fingerprint density at radius 1 is 1.57 bits per heavy atom. The van der Waals surface area contributed by atoms with Gasteiger partial charge in [0.2, 0.25) is 5.91 Å². The fourth-order valence-electron chi connectivity index (χ4n) is 2.42.